The third-order valence-electron chi connectivity index (χ3n) is 2.69. The van der Waals surface area contributed by atoms with E-state index in [1.165, 1.54) is 6.42 Å². The van der Waals surface area contributed by atoms with Crippen molar-refractivity contribution in [3.8, 4) is 11.5 Å². The zero-order valence-corrected chi connectivity index (χ0v) is 9.58. The van der Waals surface area contributed by atoms with Crippen LogP contribution in [0.4, 0.5) is 0 Å². The van der Waals surface area contributed by atoms with Crippen molar-refractivity contribution in [2.75, 3.05) is 0 Å². The lowest BCUT2D eigenvalue weighted by Gasteiger charge is -2.08. The van der Waals surface area contributed by atoms with E-state index in [0.717, 1.165) is 36.8 Å². The van der Waals surface area contributed by atoms with Crippen molar-refractivity contribution in [1.82, 2.24) is 0 Å². The lowest BCUT2D eigenvalue weighted by Crippen LogP contribution is -1.90. The molecular formula is C13H20O2. The van der Waals surface area contributed by atoms with Crippen molar-refractivity contribution in [1.29, 1.82) is 0 Å². The summed E-state index contributed by atoms with van der Waals surface area (Å²) in [6, 6.07) is 3.63. The molecule has 0 aliphatic heterocycles. The van der Waals surface area contributed by atoms with E-state index >= 15 is 0 Å². The van der Waals surface area contributed by atoms with Crippen molar-refractivity contribution >= 4 is 0 Å². The maximum atomic E-state index is 9.67. The molecule has 0 atom stereocenters. The molecule has 84 valence electrons. The van der Waals surface area contributed by atoms with Gasteiger partial charge < -0.3 is 10.2 Å². The van der Waals surface area contributed by atoms with Crippen molar-refractivity contribution in [2.24, 2.45) is 0 Å². The number of phenols is 2. The Morgan fingerprint density at radius 1 is 1.07 bits per heavy atom. The van der Waals surface area contributed by atoms with Gasteiger partial charge in [0.1, 0.15) is 0 Å². The molecule has 0 saturated carbocycles. The summed E-state index contributed by atoms with van der Waals surface area (Å²) in [5, 5.41) is 19.2. The largest absolute Gasteiger partial charge is 0.504 e. The Morgan fingerprint density at radius 3 is 2.40 bits per heavy atom. The van der Waals surface area contributed by atoms with Crippen molar-refractivity contribution < 1.29 is 10.2 Å². The van der Waals surface area contributed by atoms with E-state index in [1.807, 2.05) is 13.0 Å². The van der Waals surface area contributed by atoms with Crippen LogP contribution < -0.4 is 0 Å². The van der Waals surface area contributed by atoms with Gasteiger partial charge in [0.15, 0.2) is 11.5 Å². The molecule has 15 heavy (non-hydrogen) atoms. The van der Waals surface area contributed by atoms with Gasteiger partial charge in [0.25, 0.3) is 0 Å². The molecule has 0 heterocycles. The number of hydrogen-bond acceptors (Lipinski definition) is 2. The summed E-state index contributed by atoms with van der Waals surface area (Å²) in [5.41, 5.74) is 1.96. The molecule has 1 aromatic carbocycles. The molecule has 0 aliphatic carbocycles. The van der Waals surface area contributed by atoms with Crippen LogP contribution in [0.25, 0.3) is 0 Å². The minimum atomic E-state index is 0.0147. The van der Waals surface area contributed by atoms with Gasteiger partial charge in [-0.25, -0.2) is 0 Å². The molecule has 0 spiro atoms. The van der Waals surface area contributed by atoms with E-state index in [2.05, 4.69) is 6.92 Å². The fraction of sp³-hybridized carbons (Fsp3) is 0.538. The molecule has 0 unspecified atom stereocenters. The third kappa shape index (κ3) is 3.15. The number of benzene rings is 1. The highest BCUT2D eigenvalue weighted by molar-refractivity contribution is 5.47. The maximum absolute atomic E-state index is 9.67. The zero-order chi connectivity index (χ0) is 11.3. The predicted molar refractivity (Wildman–Crippen MR) is 62.4 cm³/mol. The average molecular weight is 208 g/mol. The number of hydrogen-bond donors (Lipinski definition) is 2. The van der Waals surface area contributed by atoms with Gasteiger partial charge in [-0.3, -0.25) is 0 Å². The van der Waals surface area contributed by atoms with Gasteiger partial charge in [0, 0.05) is 0 Å². The topological polar surface area (TPSA) is 40.5 Å². The van der Waals surface area contributed by atoms with E-state index in [4.69, 9.17) is 0 Å². The minimum Gasteiger partial charge on any atom is -0.504 e. The first kappa shape index (κ1) is 11.9. The molecule has 2 N–H and O–H groups in total. The maximum Gasteiger partial charge on any atom is 0.160 e. The van der Waals surface area contributed by atoms with Gasteiger partial charge >= 0.3 is 0 Å². The van der Waals surface area contributed by atoms with Crippen LogP contribution in [0.5, 0.6) is 11.5 Å². The zero-order valence-electron chi connectivity index (χ0n) is 9.58. The van der Waals surface area contributed by atoms with E-state index in [-0.39, 0.29) is 11.5 Å². The summed E-state index contributed by atoms with van der Waals surface area (Å²) in [5.74, 6) is 0.0733. The van der Waals surface area contributed by atoms with Crippen LogP contribution in [0.3, 0.4) is 0 Å². The normalized spacial score (nSPS) is 10.5. The molecule has 0 amide bonds. The number of aromatic hydroxyl groups is 2. The Labute approximate surface area is 91.6 Å². The molecule has 0 radical (unpaired) electrons. The predicted octanol–water partition coefficient (Wildman–Crippen LogP) is 3.39. The summed E-state index contributed by atoms with van der Waals surface area (Å²) in [6.07, 6.45) is 5.13. The first-order chi connectivity index (χ1) is 7.19. The molecule has 0 bridgehead atoms. The van der Waals surface area contributed by atoms with Crippen LogP contribution in [0.1, 0.15) is 44.2 Å². The Bertz CT molecular complexity index is 319. The van der Waals surface area contributed by atoms with Crippen LogP contribution in [0.15, 0.2) is 12.1 Å². The fourth-order valence-corrected chi connectivity index (χ4v) is 1.70. The van der Waals surface area contributed by atoms with Crippen molar-refractivity contribution in [3.05, 3.63) is 23.3 Å². The standard InChI is InChI=1S/C13H20O2/c1-3-5-6-7-11-8-10(4-2)9-12(14)13(11)15/h8-9,14-15H,3-7H2,1-2H3. The highest BCUT2D eigenvalue weighted by atomic mass is 16.3. The third-order valence-corrected chi connectivity index (χ3v) is 2.69. The van der Waals surface area contributed by atoms with Gasteiger partial charge in [-0.1, -0.05) is 32.8 Å². The summed E-state index contributed by atoms with van der Waals surface area (Å²) < 4.78 is 0. The Hall–Kier alpha value is -1.18. The molecule has 0 aromatic heterocycles. The SMILES string of the molecule is CCCCCc1cc(CC)cc(O)c1O. The number of phenolic OH excluding ortho intramolecular Hbond substituents is 2. The number of unbranched alkanes of at least 4 members (excludes halogenated alkanes) is 2. The lowest BCUT2D eigenvalue weighted by atomic mass is 10.0. The molecular weight excluding hydrogens is 188 g/mol. The van der Waals surface area contributed by atoms with Gasteiger partial charge in [-0.05, 0) is 36.5 Å². The van der Waals surface area contributed by atoms with Crippen LogP contribution in [-0.2, 0) is 12.8 Å². The Kier molecular flexibility index (Phi) is 4.47. The highest BCUT2D eigenvalue weighted by Crippen LogP contribution is 2.31. The minimum absolute atomic E-state index is 0.0147. The Balaban J connectivity index is 2.80. The second-order valence-corrected chi connectivity index (χ2v) is 3.93. The summed E-state index contributed by atoms with van der Waals surface area (Å²) in [7, 11) is 0. The second-order valence-electron chi connectivity index (χ2n) is 3.93. The molecule has 0 aliphatic rings. The van der Waals surface area contributed by atoms with Crippen LogP contribution in [-0.4, -0.2) is 10.2 Å². The first-order valence-corrected chi connectivity index (χ1v) is 5.72. The number of aryl methyl sites for hydroxylation is 2. The van der Waals surface area contributed by atoms with E-state index in [1.54, 1.807) is 6.07 Å². The lowest BCUT2D eigenvalue weighted by molar-refractivity contribution is 0.398. The molecule has 1 aromatic rings. The monoisotopic (exact) mass is 208 g/mol. The molecule has 2 heteroatoms. The van der Waals surface area contributed by atoms with Crippen LogP contribution >= 0.6 is 0 Å². The molecule has 0 fully saturated rings. The summed E-state index contributed by atoms with van der Waals surface area (Å²) in [6.45, 7) is 4.20. The first-order valence-electron chi connectivity index (χ1n) is 5.72. The Morgan fingerprint density at radius 2 is 1.80 bits per heavy atom. The molecule has 0 saturated heterocycles. The van der Waals surface area contributed by atoms with E-state index in [9.17, 15) is 10.2 Å². The van der Waals surface area contributed by atoms with Crippen molar-refractivity contribution in [3.63, 3.8) is 0 Å². The van der Waals surface area contributed by atoms with Gasteiger partial charge in [0.2, 0.25) is 0 Å². The second kappa shape index (κ2) is 5.64. The quantitative estimate of drug-likeness (QED) is 0.575. The van der Waals surface area contributed by atoms with Gasteiger partial charge in [-0.2, -0.15) is 0 Å². The molecule has 1 rings (SSSR count). The van der Waals surface area contributed by atoms with Crippen LogP contribution in [0, 0.1) is 0 Å². The average Bonchev–Trinajstić information content (AvgIpc) is 2.24. The highest BCUT2D eigenvalue weighted by Gasteiger charge is 2.07. The smallest absolute Gasteiger partial charge is 0.160 e. The summed E-state index contributed by atoms with van der Waals surface area (Å²) in [4.78, 5) is 0. The van der Waals surface area contributed by atoms with E-state index < -0.39 is 0 Å². The van der Waals surface area contributed by atoms with Gasteiger partial charge in [-0.15, -0.1) is 0 Å². The van der Waals surface area contributed by atoms with Crippen LogP contribution in [0.2, 0.25) is 0 Å². The van der Waals surface area contributed by atoms with Crippen molar-refractivity contribution in [2.45, 2.75) is 46.0 Å². The molecule has 2 nitrogen and oxygen atoms in total. The summed E-state index contributed by atoms with van der Waals surface area (Å²) >= 11 is 0. The fourth-order valence-electron chi connectivity index (χ4n) is 1.70. The number of rotatable bonds is 5. The van der Waals surface area contributed by atoms with E-state index in [0.29, 0.717) is 0 Å². The van der Waals surface area contributed by atoms with Gasteiger partial charge in [0.05, 0.1) is 0 Å².